The first-order valence-electron chi connectivity index (χ1n) is 10.8. The molecule has 0 aliphatic carbocycles. The van der Waals surface area contributed by atoms with E-state index in [1.807, 2.05) is 12.1 Å². The van der Waals surface area contributed by atoms with Crippen LogP contribution in [0, 0.1) is 0 Å². The Morgan fingerprint density at radius 1 is 0.857 bits per heavy atom. The molecule has 0 radical (unpaired) electrons. The van der Waals surface area contributed by atoms with Crippen molar-refractivity contribution in [1.29, 1.82) is 0 Å². The number of likely N-dealkylation sites (tertiary alicyclic amines) is 1. The van der Waals surface area contributed by atoms with Crippen LogP contribution in [0.25, 0.3) is 0 Å². The van der Waals surface area contributed by atoms with E-state index in [0.29, 0.717) is 25.8 Å². The van der Waals surface area contributed by atoms with Crippen LogP contribution in [0.15, 0.2) is 24.3 Å². The van der Waals surface area contributed by atoms with Crippen LogP contribution in [0.1, 0.15) is 83.1 Å². The quantitative estimate of drug-likeness (QED) is 0.389. The largest absolute Gasteiger partial charge is 0.326 e. The molecule has 1 N–H and O–H groups in total. The number of hydrogen-bond acceptors (Lipinski definition) is 3. The van der Waals surface area contributed by atoms with Crippen molar-refractivity contribution in [2.24, 2.45) is 0 Å². The number of benzene rings is 1. The predicted molar refractivity (Wildman–Crippen MR) is 112 cm³/mol. The number of amides is 3. The summed E-state index contributed by atoms with van der Waals surface area (Å²) in [7, 11) is 0. The van der Waals surface area contributed by atoms with Crippen LogP contribution >= 0.6 is 0 Å². The van der Waals surface area contributed by atoms with Crippen LogP contribution < -0.4 is 5.32 Å². The second kappa shape index (κ2) is 12.3. The summed E-state index contributed by atoms with van der Waals surface area (Å²) >= 11 is 0. The van der Waals surface area contributed by atoms with E-state index in [0.717, 1.165) is 50.6 Å². The molecule has 1 aliphatic rings. The van der Waals surface area contributed by atoms with Crippen molar-refractivity contribution >= 4 is 23.4 Å². The minimum absolute atomic E-state index is 0.00740. The van der Waals surface area contributed by atoms with Crippen molar-refractivity contribution in [3.8, 4) is 0 Å². The highest BCUT2D eigenvalue weighted by Gasteiger charge is 2.27. The molecule has 2 rings (SSSR count). The molecule has 0 unspecified atom stereocenters. The van der Waals surface area contributed by atoms with E-state index < -0.39 is 0 Å². The van der Waals surface area contributed by atoms with E-state index >= 15 is 0 Å². The smallest absolute Gasteiger partial charge is 0.229 e. The zero-order valence-corrected chi connectivity index (χ0v) is 17.2. The number of anilines is 1. The number of imide groups is 1. The molecule has 1 fully saturated rings. The number of carbonyl (C=O) groups excluding carboxylic acids is 3. The lowest BCUT2D eigenvalue weighted by Crippen LogP contribution is -2.29. The molecule has 1 aliphatic heterocycles. The molecule has 1 heterocycles. The van der Waals surface area contributed by atoms with E-state index in [1.54, 1.807) is 0 Å². The molecule has 3 amide bonds. The fraction of sp³-hybridized carbons (Fsp3) is 0.609. The van der Waals surface area contributed by atoms with Crippen LogP contribution in [0.3, 0.4) is 0 Å². The third-order valence-electron chi connectivity index (χ3n) is 5.34. The number of carbonyl (C=O) groups is 3. The SMILES string of the molecule is CCc1ccc(NC(=O)CCCCCCCCCCN2C(=O)CCC2=O)cc1. The fourth-order valence-corrected chi connectivity index (χ4v) is 3.54. The molecule has 5 nitrogen and oxygen atoms in total. The number of hydrogen-bond donors (Lipinski definition) is 1. The second-order valence-corrected chi connectivity index (χ2v) is 7.62. The average Bonchev–Trinajstić information content (AvgIpc) is 3.01. The first-order chi connectivity index (χ1) is 13.6. The molecule has 0 aromatic heterocycles. The Kier molecular flexibility index (Phi) is 9.73. The summed E-state index contributed by atoms with van der Waals surface area (Å²) in [6.07, 6.45) is 11.0. The molecule has 0 bridgehead atoms. The lowest BCUT2D eigenvalue weighted by Gasteiger charge is -2.13. The van der Waals surface area contributed by atoms with Crippen LogP contribution in [-0.4, -0.2) is 29.2 Å². The normalized spacial score (nSPS) is 14.0. The van der Waals surface area contributed by atoms with Gasteiger partial charge in [-0.1, -0.05) is 57.6 Å². The fourth-order valence-electron chi connectivity index (χ4n) is 3.54. The zero-order chi connectivity index (χ0) is 20.2. The number of rotatable bonds is 13. The number of nitrogens with one attached hydrogen (secondary N) is 1. The summed E-state index contributed by atoms with van der Waals surface area (Å²) in [5.74, 6) is 0.0780. The Morgan fingerprint density at radius 3 is 1.96 bits per heavy atom. The molecule has 1 aromatic carbocycles. The van der Waals surface area contributed by atoms with Crippen LogP contribution in [-0.2, 0) is 20.8 Å². The summed E-state index contributed by atoms with van der Waals surface area (Å²) < 4.78 is 0. The topological polar surface area (TPSA) is 66.5 Å². The Hall–Kier alpha value is -2.17. The Bertz CT molecular complexity index is 624. The molecule has 0 saturated carbocycles. The molecule has 154 valence electrons. The molecular weight excluding hydrogens is 352 g/mol. The minimum atomic E-state index is -0.00740. The van der Waals surface area contributed by atoms with Gasteiger partial charge in [-0.25, -0.2) is 0 Å². The second-order valence-electron chi connectivity index (χ2n) is 7.62. The first kappa shape index (κ1) is 22.1. The number of aryl methyl sites for hydroxylation is 1. The first-order valence-corrected chi connectivity index (χ1v) is 10.8. The van der Waals surface area contributed by atoms with Gasteiger partial charge < -0.3 is 5.32 Å². The Morgan fingerprint density at radius 2 is 1.39 bits per heavy atom. The maximum atomic E-state index is 12.0. The molecule has 5 heteroatoms. The van der Waals surface area contributed by atoms with Crippen molar-refractivity contribution in [3.05, 3.63) is 29.8 Å². The van der Waals surface area contributed by atoms with Gasteiger partial charge in [0.15, 0.2) is 0 Å². The summed E-state index contributed by atoms with van der Waals surface area (Å²) in [4.78, 5) is 36.4. The Labute approximate surface area is 168 Å². The molecule has 1 saturated heterocycles. The molecular formula is C23H34N2O3. The monoisotopic (exact) mass is 386 g/mol. The van der Waals surface area contributed by atoms with Crippen LogP contribution in [0.5, 0.6) is 0 Å². The van der Waals surface area contributed by atoms with Crippen molar-refractivity contribution in [1.82, 2.24) is 4.90 Å². The van der Waals surface area contributed by atoms with E-state index in [-0.39, 0.29) is 17.7 Å². The highest BCUT2D eigenvalue weighted by atomic mass is 16.2. The molecule has 0 atom stereocenters. The lowest BCUT2D eigenvalue weighted by molar-refractivity contribution is -0.138. The van der Waals surface area contributed by atoms with Crippen molar-refractivity contribution in [2.45, 2.75) is 84.0 Å². The summed E-state index contributed by atoms with van der Waals surface area (Å²) in [6.45, 7) is 2.71. The van der Waals surface area contributed by atoms with Crippen LogP contribution in [0.4, 0.5) is 5.69 Å². The van der Waals surface area contributed by atoms with Crippen molar-refractivity contribution in [3.63, 3.8) is 0 Å². The standard InChI is InChI=1S/C23H34N2O3/c1-2-19-12-14-20(15-13-19)24-21(26)11-9-7-5-3-4-6-8-10-18-25-22(27)16-17-23(25)28/h12-15H,2-11,16-18H2,1H3,(H,24,26). The van der Waals surface area contributed by atoms with Gasteiger partial charge in [-0.2, -0.15) is 0 Å². The van der Waals surface area contributed by atoms with Gasteiger partial charge >= 0.3 is 0 Å². The van der Waals surface area contributed by atoms with Gasteiger partial charge in [0.1, 0.15) is 0 Å². The van der Waals surface area contributed by atoms with Gasteiger partial charge in [-0.15, -0.1) is 0 Å². The van der Waals surface area contributed by atoms with E-state index in [2.05, 4.69) is 24.4 Å². The van der Waals surface area contributed by atoms with Gasteiger partial charge in [-0.3, -0.25) is 19.3 Å². The molecule has 28 heavy (non-hydrogen) atoms. The minimum Gasteiger partial charge on any atom is -0.326 e. The van der Waals surface area contributed by atoms with Gasteiger partial charge in [0, 0.05) is 31.5 Å². The van der Waals surface area contributed by atoms with Crippen molar-refractivity contribution < 1.29 is 14.4 Å². The van der Waals surface area contributed by atoms with Crippen molar-refractivity contribution in [2.75, 3.05) is 11.9 Å². The molecule has 1 aromatic rings. The van der Waals surface area contributed by atoms with Gasteiger partial charge in [0.2, 0.25) is 17.7 Å². The third kappa shape index (κ3) is 7.83. The maximum Gasteiger partial charge on any atom is 0.229 e. The summed E-state index contributed by atoms with van der Waals surface area (Å²) in [6, 6.07) is 8.03. The van der Waals surface area contributed by atoms with E-state index in [9.17, 15) is 14.4 Å². The summed E-state index contributed by atoms with van der Waals surface area (Å²) in [5, 5.41) is 2.96. The predicted octanol–water partition coefficient (Wildman–Crippen LogP) is 4.85. The molecule has 0 spiro atoms. The average molecular weight is 387 g/mol. The van der Waals surface area contributed by atoms with Gasteiger partial charge in [-0.05, 0) is 37.0 Å². The third-order valence-corrected chi connectivity index (χ3v) is 5.34. The van der Waals surface area contributed by atoms with Gasteiger partial charge in [0.05, 0.1) is 0 Å². The summed E-state index contributed by atoms with van der Waals surface area (Å²) in [5.41, 5.74) is 2.15. The lowest BCUT2D eigenvalue weighted by atomic mass is 10.1. The number of unbranched alkanes of at least 4 members (excludes halogenated alkanes) is 7. The van der Waals surface area contributed by atoms with E-state index in [1.165, 1.54) is 23.3 Å². The van der Waals surface area contributed by atoms with Gasteiger partial charge in [0.25, 0.3) is 0 Å². The zero-order valence-electron chi connectivity index (χ0n) is 17.2. The van der Waals surface area contributed by atoms with Crippen LogP contribution in [0.2, 0.25) is 0 Å². The van der Waals surface area contributed by atoms with E-state index in [4.69, 9.17) is 0 Å². The number of nitrogens with zero attached hydrogens (tertiary/aromatic N) is 1. The maximum absolute atomic E-state index is 12.0. The highest BCUT2D eigenvalue weighted by molar-refractivity contribution is 6.01. The highest BCUT2D eigenvalue weighted by Crippen LogP contribution is 2.15. The Balaban J connectivity index is 1.41.